The lowest BCUT2D eigenvalue weighted by Crippen LogP contribution is -2.36. The largest absolute Gasteiger partial charge is 0.484 e. The predicted octanol–water partition coefficient (Wildman–Crippen LogP) is 4.79. The fourth-order valence-electron chi connectivity index (χ4n) is 3.68. The van der Waals surface area contributed by atoms with Crippen molar-refractivity contribution in [2.45, 2.75) is 25.3 Å². The van der Waals surface area contributed by atoms with Gasteiger partial charge in [0.2, 0.25) is 5.88 Å². The highest BCUT2D eigenvalue weighted by Gasteiger charge is 2.26. The normalized spacial score (nSPS) is 15.3. The first kappa shape index (κ1) is 19.0. The summed E-state index contributed by atoms with van der Waals surface area (Å²) in [5.41, 5.74) is 2.60. The van der Waals surface area contributed by atoms with E-state index < -0.39 is 0 Å². The Kier molecular flexibility index (Phi) is 5.75. The third-order valence-electron chi connectivity index (χ3n) is 5.24. The summed E-state index contributed by atoms with van der Waals surface area (Å²) in [7, 11) is 1.86. The van der Waals surface area contributed by atoms with Gasteiger partial charge in [-0.3, -0.25) is 4.79 Å². The third kappa shape index (κ3) is 4.57. The van der Waals surface area contributed by atoms with Gasteiger partial charge in [0.1, 0.15) is 11.5 Å². The van der Waals surface area contributed by atoms with Gasteiger partial charge in [0.25, 0.3) is 5.91 Å². The molecule has 29 heavy (non-hydrogen) atoms. The number of carbonyl (C=O) groups excluding carboxylic acids is 1. The molecular weight excluding hydrogens is 364 g/mol. The van der Waals surface area contributed by atoms with Crippen LogP contribution in [0, 0.1) is 0 Å². The fraction of sp³-hybridized carbons (Fsp3) is 0.250. The Labute approximate surface area is 170 Å². The van der Waals surface area contributed by atoms with Gasteiger partial charge in [0, 0.05) is 19.3 Å². The monoisotopic (exact) mass is 388 g/mol. The summed E-state index contributed by atoms with van der Waals surface area (Å²) < 4.78 is 11.4. The molecule has 1 heterocycles. The quantitative estimate of drug-likeness (QED) is 0.609. The van der Waals surface area contributed by atoms with Crippen molar-refractivity contribution < 1.29 is 14.3 Å². The van der Waals surface area contributed by atoms with Crippen molar-refractivity contribution in [1.82, 2.24) is 9.88 Å². The fourth-order valence-corrected chi connectivity index (χ4v) is 3.68. The smallest absolute Gasteiger partial charge is 0.260 e. The SMILES string of the molecule is CN(C(=O)COc1ccc(Oc2ccccn2)cc1)[C@@H]1CCCc2ccccc21. The number of likely N-dealkylation sites (N-methyl/N-ethyl adjacent to an activating group) is 1. The molecule has 148 valence electrons. The number of hydrogen-bond donors (Lipinski definition) is 0. The van der Waals surface area contributed by atoms with Crippen LogP contribution in [0.2, 0.25) is 0 Å². The second-order valence-corrected chi connectivity index (χ2v) is 7.14. The maximum atomic E-state index is 12.7. The molecule has 5 heteroatoms. The van der Waals surface area contributed by atoms with Crippen LogP contribution in [0.1, 0.15) is 30.0 Å². The predicted molar refractivity (Wildman–Crippen MR) is 111 cm³/mol. The van der Waals surface area contributed by atoms with Gasteiger partial charge in [0.15, 0.2) is 6.61 Å². The van der Waals surface area contributed by atoms with E-state index in [-0.39, 0.29) is 18.6 Å². The number of pyridine rings is 1. The summed E-state index contributed by atoms with van der Waals surface area (Å²) in [5, 5.41) is 0. The zero-order valence-corrected chi connectivity index (χ0v) is 16.5. The zero-order chi connectivity index (χ0) is 20.1. The second kappa shape index (κ2) is 8.78. The van der Waals surface area contributed by atoms with Crippen LogP contribution in [0.4, 0.5) is 0 Å². The molecule has 4 rings (SSSR count). The lowest BCUT2D eigenvalue weighted by molar-refractivity contribution is -0.134. The van der Waals surface area contributed by atoms with Crippen LogP contribution in [0.3, 0.4) is 0 Å². The summed E-state index contributed by atoms with van der Waals surface area (Å²) in [6.45, 7) is 0.00954. The van der Waals surface area contributed by atoms with Gasteiger partial charge in [-0.2, -0.15) is 0 Å². The highest BCUT2D eigenvalue weighted by atomic mass is 16.5. The summed E-state index contributed by atoms with van der Waals surface area (Å²) in [6, 6.07) is 21.2. The molecule has 0 saturated carbocycles. The minimum Gasteiger partial charge on any atom is -0.484 e. The van der Waals surface area contributed by atoms with Gasteiger partial charge in [-0.1, -0.05) is 30.3 Å². The Hall–Kier alpha value is -3.34. The van der Waals surface area contributed by atoms with Crippen LogP contribution < -0.4 is 9.47 Å². The minimum atomic E-state index is -0.0273. The van der Waals surface area contributed by atoms with Crippen LogP contribution in [0.15, 0.2) is 72.9 Å². The first-order valence-electron chi connectivity index (χ1n) is 9.86. The van der Waals surface area contributed by atoms with Crippen LogP contribution in [-0.2, 0) is 11.2 Å². The minimum absolute atomic E-state index is 0.00954. The Morgan fingerprint density at radius 1 is 1.03 bits per heavy atom. The number of hydrogen-bond acceptors (Lipinski definition) is 4. The van der Waals surface area contributed by atoms with Crippen molar-refractivity contribution in [2.75, 3.05) is 13.7 Å². The maximum absolute atomic E-state index is 12.7. The van der Waals surface area contributed by atoms with E-state index in [2.05, 4.69) is 23.2 Å². The lowest BCUT2D eigenvalue weighted by atomic mass is 9.87. The maximum Gasteiger partial charge on any atom is 0.260 e. The lowest BCUT2D eigenvalue weighted by Gasteiger charge is -2.33. The van der Waals surface area contributed by atoms with Crippen LogP contribution >= 0.6 is 0 Å². The molecule has 0 fully saturated rings. The van der Waals surface area contributed by atoms with Gasteiger partial charge < -0.3 is 14.4 Å². The molecule has 0 radical (unpaired) electrons. The average molecular weight is 388 g/mol. The van der Waals surface area contributed by atoms with Crippen molar-refractivity contribution in [3.8, 4) is 17.4 Å². The molecule has 0 bridgehead atoms. The molecule has 1 aliphatic carbocycles. The van der Waals surface area contributed by atoms with Gasteiger partial charge in [-0.15, -0.1) is 0 Å². The summed E-state index contributed by atoms with van der Waals surface area (Å²) in [5.74, 6) is 1.80. The van der Waals surface area contributed by atoms with E-state index in [9.17, 15) is 4.79 Å². The van der Waals surface area contributed by atoms with E-state index in [4.69, 9.17) is 9.47 Å². The number of carbonyl (C=O) groups is 1. The number of amides is 1. The molecule has 1 amide bonds. The Morgan fingerprint density at radius 3 is 2.59 bits per heavy atom. The molecule has 1 atom stereocenters. The van der Waals surface area contributed by atoms with Crippen molar-refractivity contribution in [3.05, 3.63) is 84.1 Å². The number of benzene rings is 2. The Balaban J connectivity index is 1.34. The van der Waals surface area contributed by atoms with Crippen molar-refractivity contribution >= 4 is 5.91 Å². The van der Waals surface area contributed by atoms with E-state index in [1.54, 1.807) is 36.5 Å². The standard InChI is InChI=1S/C24H24N2O3/c1-26(22-10-6-8-18-7-2-3-9-21(18)22)24(27)17-28-19-12-14-20(15-13-19)29-23-11-4-5-16-25-23/h2-5,7,9,11-16,22H,6,8,10,17H2,1H3/t22-/m1/s1. The van der Waals surface area contributed by atoms with Crippen molar-refractivity contribution in [3.63, 3.8) is 0 Å². The van der Waals surface area contributed by atoms with E-state index in [1.165, 1.54) is 11.1 Å². The van der Waals surface area contributed by atoms with E-state index >= 15 is 0 Å². The highest BCUT2D eigenvalue weighted by Crippen LogP contribution is 2.33. The van der Waals surface area contributed by atoms with E-state index in [0.717, 1.165) is 19.3 Å². The second-order valence-electron chi connectivity index (χ2n) is 7.14. The first-order valence-corrected chi connectivity index (χ1v) is 9.86. The molecule has 5 nitrogen and oxygen atoms in total. The van der Waals surface area contributed by atoms with Gasteiger partial charge >= 0.3 is 0 Å². The van der Waals surface area contributed by atoms with Crippen molar-refractivity contribution in [1.29, 1.82) is 0 Å². The number of fused-ring (bicyclic) bond motifs is 1. The molecule has 1 aliphatic rings. The summed E-state index contributed by atoms with van der Waals surface area (Å²) in [4.78, 5) is 18.6. The summed E-state index contributed by atoms with van der Waals surface area (Å²) >= 11 is 0. The number of nitrogens with zero attached hydrogens (tertiary/aromatic N) is 2. The van der Waals surface area contributed by atoms with Gasteiger partial charge in [-0.05, 0) is 60.7 Å². The molecule has 0 saturated heterocycles. The number of rotatable bonds is 6. The molecule has 0 aliphatic heterocycles. The number of ether oxygens (including phenoxy) is 2. The molecular formula is C24H24N2O3. The molecule has 2 aromatic carbocycles. The van der Waals surface area contributed by atoms with Crippen LogP contribution in [0.25, 0.3) is 0 Å². The van der Waals surface area contributed by atoms with E-state index in [0.29, 0.717) is 17.4 Å². The van der Waals surface area contributed by atoms with Gasteiger partial charge in [0.05, 0.1) is 6.04 Å². The highest BCUT2D eigenvalue weighted by molar-refractivity contribution is 5.78. The molecule has 3 aromatic rings. The topological polar surface area (TPSA) is 51.7 Å². The molecule has 0 N–H and O–H groups in total. The van der Waals surface area contributed by atoms with Crippen LogP contribution in [0.5, 0.6) is 17.4 Å². The van der Waals surface area contributed by atoms with Gasteiger partial charge in [-0.25, -0.2) is 4.98 Å². The van der Waals surface area contributed by atoms with E-state index in [1.807, 2.05) is 30.1 Å². The Bertz CT molecular complexity index is 957. The number of aryl methyl sites for hydroxylation is 1. The van der Waals surface area contributed by atoms with Crippen LogP contribution in [-0.4, -0.2) is 29.4 Å². The molecule has 1 aromatic heterocycles. The molecule has 0 spiro atoms. The third-order valence-corrected chi connectivity index (χ3v) is 5.24. The first-order chi connectivity index (χ1) is 14.2. The average Bonchev–Trinajstić information content (AvgIpc) is 2.78. The summed E-state index contributed by atoms with van der Waals surface area (Å²) in [6.07, 6.45) is 4.84. The van der Waals surface area contributed by atoms with Crippen molar-refractivity contribution in [2.24, 2.45) is 0 Å². The molecule has 0 unspecified atom stereocenters. The number of aromatic nitrogens is 1. The Morgan fingerprint density at radius 2 is 1.79 bits per heavy atom. The zero-order valence-electron chi connectivity index (χ0n) is 16.5.